The lowest BCUT2D eigenvalue weighted by Gasteiger charge is -2.22. The van der Waals surface area contributed by atoms with Crippen molar-refractivity contribution in [3.8, 4) is 5.75 Å². The lowest BCUT2D eigenvalue weighted by Crippen LogP contribution is -2.20. The molecular weight excluding hydrogens is 415 g/mol. The van der Waals surface area contributed by atoms with Crippen molar-refractivity contribution in [3.05, 3.63) is 101 Å². The van der Waals surface area contributed by atoms with Gasteiger partial charge in [0.05, 0.1) is 11.3 Å². The van der Waals surface area contributed by atoms with Crippen LogP contribution in [0.1, 0.15) is 72.0 Å². The summed E-state index contributed by atoms with van der Waals surface area (Å²) >= 11 is 0. The number of rotatable bonds is 7. The van der Waals surface area contributed by atoms with E-state index in [1.165, 1.54) is 49.8 Å². The third-order valence-electron chi connectivity index (χ3n) is 6.17. The molecule has 0 aliphatic heterocycles. The molecule has 3 aromatic carbocycles. The molecular formula is C28H29FN2O2. The number of benzene rings is 3. The lowest BCUT2D eigenvalue weighted by molar-refractivity contribution is 0.0950. The van der Waals surface area contributed by atoms with Crippen molar-refractivity contribution in [2.45, 2.75) is 51.6 Å². The Morgan fingerprint density at radius 1 is 0.970 bits per heavy atom. The number of hydrogen-bond acceptors (Lipinski definition) is 3. The Hall–Kier alpha value is -3.47. The van der Waals surface area contributed by atoms with Crippen LogP contribution in [0.2, 0.25) is 0 Å². The number of halogens is 1. The van der Waals surface area contributed by atoms with E-state index in [1.807, 2.05) is 6.92 Å². The maximum Gasteiger partial charge on any atom is 0.275 e. The molecule has 170 valence electrons. The molecule has 1 aliphatic rings. The molecule has 1 N–H and O–H groups in total. The first-order valence-corrected chi connectivity index (χ1v) is 11.5. The topological polar surface area (TPSA) is 50.7 Å². The van der Waals surface area contributed by atoms with E-state index in [9.17, 15) is 9.18 Å². The fourth-order valence-corrected chi connectivity index (χ4v) is 4.21. The summed E-state index contributed by atoms with van der Waals surface area (Å²) in [6, 6.07) is 21.6. The van der Waals surface area contributed by atoms with Gasteiger partial charge in [-0.3, -0.25) is 4.79 Å². The largest absolute Gasteiger partial charge is 0.488 e. The molecule has 3 aromatic rings. The summed E-state index contributed by atoms with van der Waals surface area (Å²) in [5.41, 5.74) is 6.96. The number of ether oxygens (including phenoxy) is 1. The van der Waals surface area contributed by atoms with Crippen LogP contribution < -0.4 is 10.2 Å². The third kappa shape index (κ3) is 6.07. The predicted molar refractivity (Wildman–Crippen MR) is 129 cm³/mol. The second kappa shape index (κ2) is 10.9. The minimum Gasteiger partial charge on any atom is -0.488 e. The van der Waals surface area contributed by atoms with E-state index in [1.54, 1.807) is 36.4 Å². The van der Waals surface area contributed by atoms with E-state index in [-0.39, 0.29) is 18.3 Å². The van der Waals surface area contributed by atoms with Gasteiger partial charge in [-0.15, -0.1) is 0 Å². The van der Waals surface area contributed by atoms with Gasteiger partial charge in [-0.25, -0.2) is 9.82 Å². The molecule has 0 bridgehead atoms. The molecule has 33 heavy (non-hydrogen) atoms. The lowest BCUT2D eigenvalue weighted by atomic mass is 9.84. The van der Waals surface area contributed by atoms with Gasteiger partial charge in [0.25, 0.3) is 5.91 Å². The normalized spacial score (nSPS) is 14.7. The van der Waals surface area contributed by atoms with Crippen LogP contribution in [0.15, 0.2) is 77.9 Å². The van der Waals surface area contributed by atoms with Crippen molar-refractivity contribution in [1.82, 2.24) is 5.43 Å². The molecule has 4 rings (SSSR count). The summed E-state index contributed by atoms with van der Waals surface area (Å²) in [6.07, 6.45) is 6.51. The van der Waals surface area contributed by atoms with E-state index >= 15 is 0 Å². The zero-order valence-corrected chi connectivity index (χ0v) is 18.9. The molecule has 0 spiro atoms. The van der Waals surface area contributed by atoms with Crippen LogP contribution in [0.3, 0.4) is 0 Å². The number of carbonyl (C=O) groups excluding carboxylic acids is 1. The molecule has 0 aromatic heterocycles. The quantitative estimate of drug-likeness (QED) is 0.329. The molecule has 0 heterocycles. The number of nitrogens with zero attached hydrogens (tertiary/aromatic N) is 1. The van der Waals surface area contributed by atoms with Gasteiger partial charge in [0.2, 0.25) is 0 Å². The second-order valence-electron chi connectivity index (χ2n) is 8.51. The van der Waals surface area contributed by atoms with Gasteiger partial charge < -0.3 is 4.74 Å². The first-order valence-electron chi connectivity index (χ1n) is 11.5. The summed E-state index contributed by atoms with van der Waals surface area (Å²) in [5, 5.41) is 4.30. The molecule has 0 saturated heterocycles. The Balaban J connectivity index is 1.39. The van der Waals surface area contributed by atoms with Gasteiger partial charge >= 0.3 is 0 Å². The van der Waals surface area contributed by atoms with Crippen LogP contribution in [-0.2, 0) is 6.61 Å². The molecule has 4 nitrogen and oxygen atoms in total. The van der Waals surface area contributed by atoms with Crippen molar-refractivity contribution < 1.29 is 13.9 Å². The Labute approximate surface area is 194 Å². The monoisotopic (exact) mass is 444 g/mol. The molecule has 1 fully saturated rings. The molecule has 1 amide bonds. The zero-order valence-electron chi connectivity index (χ0n) is 18.9. The molecule has 1 saturated carbocycles. The summed E-state index contributed by atoms with van der Waals surface area (Å²) in [7, 11) is 0. The Morgan fingerprint density at radius 2 is 1.67 bits per heavy atom. The smallest absolute Gasteiger partial charge is 0.275 e. The summed E-state index contributed by atoms with van der Waals surface area (Å²) in [5.74, 6) is 0.471. The van der Waals surface area contributed by atoms with Crippen LogP contribution in [0.25, 0.3) is 0 Å². The summed E-state index contributed by atoms with van der Waals surface area (Å²) in [4.78, 5) is 12.8. The average Bonchev–Trinajstić information content (AvgIpc) is 2.87. The van der Waals surface area contributed by atoms with E-state index in [0.29, 0.717) is 17.2 Å². The number of para-hydroxylation sites is 1. The van der Waals surface area contributed by atoms with Crippen LogP contribution in [0, 0.1) is 5.82 Å². The van der Waals surface area contributed by atoms with Crippen molar-refractivity contribution in [2.75, 3.05) is 0 Å². The molecule has 1 aliphatic carbocycles. The van der Waals surface area contributed by atoms with Crippen molar-refractivity contribution in [1.29, 1.82) is 0 Å². The summed E-state index contributed by atoms with van der Waals surface area (Å²) < 4.78 is 18.9. The SMILES string of the molecule is C/C(=N\NC(=O)c1ccccc1OCc1ccc(F)cc1)c1ccc(C2CCCCC2)cc1. The standard InChI is InChI=1S/C28H29FN2O2/c1-20(22-13-15-24(16-14-22)23-7-3-2-4-8-23)30-31-28(32)26-9-5-6-10-27(26)33-19-21-11-17-25(29)18-12-21/h5-6,9-18,23H,2-4,7-8,19H2,1H3,(H,31,32)/b30-20+. The second-order valence-corrected chi connectivity index (χ2v) is 8.51. The first-order chi connectivity index (χ1) is 16.1. The maximum atomic E-state index is 13.1. The highest BCUT2D eigenvalue weighted by Crippen LogP contribution is 2.32. The van der Waals surface area contributed by atoms with Crippen LogP contribution in [0.4, 0.5) is 4.39 Å². The fourth-order valence-electron chi connectivity index (χ4n) is 4.21. The summed E-state index contributed by atoms with van der Waals surface area (Å²) in [6.45, 7) is 2.12. The van der Waals surface area contributed by atoms with Crippen molar-refractivity contribution in [2.24, 2.45) is 5.10 Å². The van der Waals surface area contributed by atoms with E-state index in [0.717, 1.165) is 16.8 Å². The molecule has 0 atom stereocenters. The van der Waals surface area contributed by atoms with Gasteiger partial charge in [-0.2, -0.15) is 5.10 Å². The fraction of sp³-hybridized carbons (Fsp3) is 0.286. The highest BCUT2D eigenvalue weighted by atomic mass is 19.1. The Bertz CT molecular complexity index is 1100. The van der Waals surface area contributed by atoms with E-state index < -0.39 is 0 Å². The van der Waals surface area contributed by atoms with Gasteiger partial charge in [-0.1, -0.05) is 67.8 Å². The van der Waals surface area contributed by atoms with Gasteiger partial charge in [0, 0.05) is 0 Å². The minimum absolute atomic E-state index is 0.236. The van der Waals surface area contributed by atoms with E-state index in [2.05, 4.69) is 34.8 Å². The van der Waals surface area contributed by atoms with Crippen molar-refractivity contribution in [3.63, 3.8) is 0 Å². The average molecular weight is 445 g/mol. The minimum atomic E-state index is -0.345. The number of nitrogens with one attached hydrogen (secondary N) is 1. The van der Waals surface area contributed by atoms with E-state index in [4.69, 9.17) is 4.74 Å². The van der Waals surface area contributed by atoms with Crippen LogP contribution >= 0.6 is 0 Å². The number of carbonyl (C=O) groups is 1. The molecule has 5 heteroatoms. The van der Waals surface area contributed by atoms with Gasteiger partial charge in [-0.05, 0) is 66.6 Å². The number of amides is 1. The number of hydrogen-bond donors (Lipinski definition) is 1. The van der Waals surface area contributed by atoms with Crippen LogP contribution in [-0.4, -0.2) is 11.6 Å². The molecule has 0 radical (unpaired) electrons. The third-order valence-corrected chi connectivity index (χ3v) is 6.17. The number of hydrazone groups is 1. The zero-order chi connectivity index (χ0) is 23.0. The highest BCUT2D eigenvalue weighted by Gasteiger charge is 2.16. The first kappa shape index (κ1) is 22.7. The maximum absolute atomic E-state index is 13.1. The Morgan fingerprint density at radius 3 is 2.39 bits per heavy atom. The Kier molecular flexibility index (Phi) is 7.51. The predicted octanol–water partition coefficient (Wildman–Crippen LogP) is 6.61. The molecule has 0 unspecified atom stereocenters. The van der Waals surface area contributed by atoms with Gasteiger partial charge in [0.1, 0.15) is 18.2 Å². The highest BCUT2D eigenvalue weighted by molar-refractivity contribution is 6.01. The van der Waals surface area contributed by atoms with Crippen LogP contribution in [0.5, 0.6) is 5.75 Å². The van der Waals surface area contributed by atoms with Gasteiger partial charge in [0.15, 0.2) is 0 Å². The van der Waals surface area contributed by atoms with Crippen molar-refractivity contribution >= 4 is 11.6 Å².